The molecule has 26 atom stereocenters. The molecule has 49 heteroatoms. The van der Waals surface area contributed by atoms with E-state index in [9.17, 15) is 47.0 Å². The van der Waals surface area contributed by atoms with Crippen LogP contribution in [0, 0.1) is 59.3 Å². The molecule has 0 saturated carbocycles. The van der Waals surface area contributed by atoms with Gasteiger partial charge in [0.1, 0.15) is 113 Å². The van der Waals surface area contributed by atoms with Crippen LogP contribution in [-0.2, 0) is 85.5 Å². The Morgan fingerprint density at radius 1 is 0.466 bits per heavy atom. The fourth-order valence-electron chi connectivity index (χ4n) is 16.1. The summed E-state index contributed by atoms with van der Waals surface area (Å²) in [4.78, 5) is 55.7. The standard InChI is InChI=1S/C24H26FN3O4S.C23H29FN6O6S.C18H21BrFN3O4.C16H21N3O4S.C8H5F.C5H9N3O2S.5CH4.Br2/c1-15-21(14-31-16(2)29)32-24(33-19-10-5-4-6-11-19)23(30-3)22(15)28-13-20(26-27-28)17-8-7-9-18(25)12-17;1-12-18(10-35-13(2)31)36-23(37-19-11-34-9-17(21(19)32)26-28-25)22(33-3)20(12)30-8-16(27-29-30)14-5-4-6-15(24)7-14;1-10-15(9-26-11(2)24)27-18(19)17(25-3)16(10)23-8-14(21-22-23)12-5-4-6-13(20)7-12;1-10-13(9-22-11(2)20)23-16(15(21-3)14(10)18-19-17)24-12-7-5-4-6-8-12;1-2-7-4-3-5-8(9)6-7;6-8-7-3-1-10-2-4(11)5(3)9;;;;;;1-2/h4-13,15,21-24H,14H2,1-3H3;4-8,12,17-23,32H,9-11H2,1-3H3;4-8,10,15-18H,9H2,1-3H3;4-8,10,13-16H,9H2,1-3H3;1,3-6H;3-5,9,11H,1-2H2;5*1H4;/t;;;;;3-,4+,5+;;;;;;/m.....0....../s1. The molecule has 6 aromatic carbocycles. The summed E-state index contributed by atoms with van der Waals surface area (Å²) in [6.45, 7) is 14.7. The molecular formula is C99H131Br3F4N18O20S4. The van der Waals surface area contributed by atoms with Crippen LogP contribution in [0.4, 0.5) is 17.6 Å². The minimum absolute atomic E-state index is 0. The Bertz CT molecular complexity index is 5710. The van der Waals surface area contributed by atoms with E-state index < -0.39 is 76.4 Å². The third kappa shape index (κ3) is 37.9. The smallest absolute Gasteiger partial charge is 0.302 e. The third-order valence-corrected chi connectivity index (χ3v) is 28.3. The summed E-state index contributed by atoms with van der Waals surface area (Å²) in [5, 5.41) is 55.5. The number of hydrogen-bond donors (Lipinski definition) is 3. The van der Waals surface area contributed by atoms with Crippen molar-refractivity contribution in [2.75, 3.05) is 81.3 Å². The van der Waals surface area contributed by atoms with Gasteiger partial charge in [0.05, 0.1) is 128 Å². The van der Waals surface area contributed by atoms with E-state index in [1.165, 1.54) is 99.7 Å². The first-order valence-corrected chi connectivity index (χ1v) is 52.4. The van der Waals surface area contributed by atoms with Crippen LogP contribution in [0.5, 0.6) is 0 Å². The number of aliphatic hydroxyl groups excluding tert-OH is 2. The zero-order valence-corrected chi connectivity index (χ0v) is 87.7. The zero-order chi connectivity index (χ0) is 104. The molecule has 2 N–H and O–H groups in total. The van der Waals surface area contributed by atoms with Crippen molar-refractivity contribution in [2.45, 2.75) is 231 Å². The largest absolute Gasteiger partial charge is 0.463 e. The van der Waals surface area contributed by atoms with Gasteiger partial charge in [-0.3, -0.25) is 19.2 Å². The number of thioether (sulfide) groups is 3. The first-order valence-electron chi connectivity index (χ1n) is 44.5. The molecule has 810 valence electrons. The van der Waals surface area contributed by atoms with Gasteiger partial charge in [0, 0.05) is 149 Å². The summed E-state index contributed by atoms with van der Waals surface area (Å²) in [6.07, 6.45) is 5.39. The minimum Gasteiger partial charge on any atom is -0.463 e. The van der Waals surface area contributed by atoms with Crippen molar-refractivity contribution in [3.05, 3.63) is 236 Å². The third-order valence-electron chi connectivity index (χ3n) is 23.4. The van der Waals surface area contributed by atoms with E-state index in [1.807, 2.05) is 88.4 Å². The predicted octanol–water partition coefficient (Wildman–Crippen LogP) is 20.5. The summed E-state index contributed by atoms with van der Waals surface area (Å²) in [6, 6.07) is 41.6. The second-order valence-electron chi connectivity index (χ2n) is 32.9. The van der Waals surface area contributed by atoms with Crippen LogP contribution >= 0.6 is 92.1 Å². The first-order chi connectivity index (χ1) is 68.8. The van der Waals surface area contributed by atoms with Crippen molar-refractivity contribution in [1.29, 1.82) is 0 Å². The van der Waals surface area contributed by atoms with Gasteiger partial charge >= 0.3 is 23.9 Å². The van der Waals surface area contributed by atoms with Crippen molar-refractivity contribution in [1.82, 2.24) is 45.0 Å². The lowest BCUT2D eigenvalue weighted by atomic mass is 9.89. The van der Waals surface area contributed by atoms with Gasteiger partial charge < -0.3 is 76.5 Å². The van der Waals surface area contributed by atoms with E-state index in [2.05, 4.69) is 124 Å². The highest BCUT2D eigenvalue weighted by atomic mass is 80.9. The average molecular weight is 2340 g/mol. The number of aromatic nitrogens is 9. The number of methoxy groups -OCH3 is 4. The average Bonchev–Trinajstić information content (AvgIpc) is 1.58. The van der Waals surface area contributed by atoms with E-state index in [4.69, 9.17) is 89.3 Å². The lowest BCUT2D eigenvalue weighted by Crippen LogP contribution is -2.54. The minimum atomic E-state index is -0.952. The number of alkyl halides is 1. The van der Waals surface area contributed by atoms with Gasteiger partial charge in [-0.05, 0) is 101 Å². The molecular weight excluding hydrogens is 2210 g/mol. The molecule has 9 heterocycles. The molecule has 0 aliphatic carbocycles. The topological polar surface area (TPSA) is 476 Å². The first kappa shape index (κ1) is 130. The molecule has 6 saturated heterocycles. The highest BCUT2D eigenvalue weighted by Crippen LogP contribution is 2.47. The van der Waals surface area contributed by atoms with Crippen molar-refractivity contribution >= 4 is 116 Å². The molecule has 148 heavy (non-hydrogen) atoms. The number of azide groups is 3. The van der Waals surface area contributed by atoms with Gasteiger partial charge in [-0.25, -0.2) is 31.6 Å². The van der Waals surface area contributed by atoms with E-state index in [0.29, 0.717) is 45.9 Å². The highest BCUT2D eigenvalue weighted by Gasteiger charge is 2.52. The number of carbonyl (C=O) groups is 4. The van der Waals surface area contributed by atoms with Gasteiger partial charge in [-0.2, -0.15) is 12.6 Å². The van der Waals surface area contributed by atoms with Crippen LogP contribution in [0.25, 0.3) is 65.1 Å². The number of carbonyl (C=O) groups excluding carboxylic acids is 4. The molecule has 6 aliphatic heterocycles. The summed E-state index contributed by atoms with van der Waals surface area (Å²) in [7, 11) is 6.36. The number of aliphatic hydroxyl groups is 2. The summed E-state index contributed by atoms with van der Waals surface area (Å²) >= 11 is 17.4. The Hall–Kier alpha value is -9.81. The number of hydrogen-bond acceptors (Lipinski definition) is 33. The number of nitrogens with zero attached hydrogens (tertiary/aromatic N) is 18. The SMILES string of the molecule is BrBr.C.C.C.C.C.C#Cc1cccc(F)c1.COC1C(Br)OC(COC(C)=O)C(C)C1n1cc(-c2cccc(F)c2)nn1.COC1C(SC2COCC(N=[N+]=[N-])C2O)OC(COC(C)=O)C(C)C1n1cc(-c2cccc(F)c2)nn1.COC1C(Sc2ccccc2)OC(COC(C)=O)C(C)C1N=[N+]=[N-].COC1C(Sc2ccccc2)OC(COC(C)=O)C(C)C1n1cc(-c2cccc(F)c2)nn1.[N-]=[N+]=N[C@H]1COC[C@@H](S)[C@@H]1O. The summed E-state index contributed by atoms with van der Waals surface area (Å²) < 4.78 is 137. The number of benzene rings is 6. The molecule has 0 amide bonds. The van der Waals surface area contributed by atoms with Gasteiger partial charge in [0.2, 0.25) is 0 Å². The summed E-state index contributed by atoms with van der Waals surface area (Å²) in [5.74, 6) is -1.10. The number of esters is 4. The molecule has 0 bridgehead atoms. The molecule has 3 aromatic heterocycles. The molecule has 0 radical (unpaired) electrons. The highest BCUT2D eigenvalue weighted by molar-refractivity contribution is 9.93. The normalized spacial score (nSPS) is 26.8. The Morgan fingerprint density at radius 3 is 1.16 bits per heavy atom. The Balaban J connectivity index is 0.000000383. The van der Waals surface area contributed by atoms with Crippen molar-refractivity contribution in [3.8, 4) is 46.1 Å². The van der Waals surface area contributed by atoms with E-state index >= 15 is 0 Å². The van der Waals surface area contributed by atoms with Crippen LogP contribution < -0.4 is 0 Å². The maximum atomic E-state index is 13.8. The van der Waals surface area contributed by atoms with Crippen LogP contribution in [0.3, 0.4) is 0 Å². The second-order valence-corrected chi connectivity index (χ2v) is 38.2. The molecule has 15 rings (SSSR count). The van der Waals surface area contributed by atoms with Crippen LogP contribution in [0.2, 0.25) is 0 Å². The Morgan fingerprint density at radius 2 is 0.804 bits per heavy atom. The molecule has 0 spiro atoms. The van der Waals surface area contributed by atoms with Gasteiger partial charge in [-0.1, -0.05) is 220 Å². The number of ether oxygens (including phenoxy) is 14. The fraction of sp³-hybridized carbons (Fsp3) is 0.515. The Kier molecular flexibility index (Phi) is 58.9. The number of halogens is 7. The number of thiol groups is 1. The van der Waals surface area contributed by atoms with E-state index in [1.54, 1.807) is 121 Å². The van der Waals surface area contributed by atoms with E-state index in [-0.39, 0.29) is 207 Å². The predicted molar refractivity (Wildman–Crippen MR) is 570 cm³/mol. The van der Waals surface area contributed by atoms with Gasteiger partial charge in [-0.15, -0.1) is 33.5 Å². The molecule has 6 fully saturated rings. The van der Waals surface area contributed by atoms with Gasteiger partial charge in [0.15, 0.2) is 0 Å². The van der Waals surface area contributed by atoms with Crippen molar-refractivity contribution in [3.63, 3.8) is 0 Å². The van der Waals surface area contributed by atoms with Crippen LogP contribution in [0.1, 0.15) is 116 Å². The Labute approximate surface area is 902 Å². The lowest BCUT2D eigenvalue weighted by molar-refractivity contribution is -0.172. The van der Waals surface area contributed by atoms with E-state index in [0.717, 1.165) is 9.79 Å². The maximum Gasteiger partial charge on any atom is 0.302 e. The fourth-order valence-corrected chi connectivity index (χ4v) is 21.0. The molecule has 9 aromatic rings. The molecule has 38 nitrogen and oxygen atoms in total. The lowest BCUT2D eigenvalue weighted by Gasteiger charge is -2.46. The summed E-state index contributed by atoms with van der Waals surface area (Å²) in [5.41, 5.74) is 28.5. The van der Waals surface area contributed by atoms with Crippen LogP contribution in [-0.4, -0.2) is 271 Å². The van der Waals surface area contributed by atoms with Crippen molar-refractivity contribution in [2.24, 2.45) is 39.0 Å². The quantitative estimate of drug-likeness (QED) is 0.00495. The maximum absolute atomic E-state index is 13.8. The monoisotopic (exact) mass is 2330 g/mol. The number of terminal acetylenes is 1. The van der Waals surface area contributed by atoms with Gasteiger partial charge in [0.25, 0.3) is 0 Å². The van der Waals surface area contributed by atoms with Crippen molar-refractivity contribution < 1.29 is 113 Å². The molecule has 6 aliphatic rings. The number of rotatable bonds is 27. The zero-order valence-electron chi connectivity index (χ0n) is 79.6. The second kappa shape index (κ2) is 66.8. The molecule has 23 unspecified atom stereocenters. The van der Waals surface area contributed by atoms with Crippen LogP contribution in [0.15, 0.2) is 201 Å².